The fourth-order valence-corrected chi connectivity index (χ4v) is 3.87. The number of ether oxygens (including phenoxy) is 1. The lowest BCUT2D eigenvalue weighted by molar-refractivity contribution is 0.0513. The maximum atomic E-state index is 13.8. The van der Waals surface area contributed by atoms with Gasteiger partial charge in [-0.1, -0.05) is 41.9 Å². The quantitative estimate of drug-likeness (QED) is 0.327. The smallest absolute Gasteiger partial charge is 0.191 e. The zero-order valence-electron chi connectivity index (χ0n) is 16.6. The molecule has 0 atom stereocenters. The van der Waals surface area contributed by atoms with Gasteiger partial charge in [0.2, 0.25) is 0 Å². The number of nitrogens with zero attached hydrogens (tertiary/aromatic N) is 1. The number of hydrogen-bond donors (Lipinski definition) is 2. The second kappa shape index (κ2) is 11.7. The van der Waals surface area contributed by atoms with Gasteiger partial charge in [0.25, 0.3) is 0 Å². The summed E-state index contributed by atoms with van der Waals surface area (Å²) in [4.78, 5) is 4.32. The molecule has 3 rings (SSSR count). The number of halogens is 3. The molecule has 4 nitrogen and oxygen atoms in total. The Balaban J connectivity index is 0.00000300. The molecule has 1 aliphatic heterocycles. The van der Waals surface area contributed by atoms with Crippen LogP contribution in [0.5, 0.6) is 0 Å². The number of hydrogen-bond acceptors (Lipinski definition) is 2. The molecule has 1 saturated heterocycles. The van der Waals surface area contributed by atoms with Gasteiger partial charge in [-0.2, -0.15) is 0 Å². The summed E-state index contributed by atoms with van der Waals surface area (Å²) in [7, 11) is 1.75. The molecule has 0 unspecified atom stereocenters. The van der Waals surface area contributed by atoms with Crippen LogP contribution in [-0.4, -0.2) is 39.3 Å². The second-order valence-corrected chi connectivity index (χ2v) is 7.50. The third kappa shape index (κ3) is 6.55. The fourth-order valence-electron chi connectivity index (χ4n) is 3.64. The van der Waals surface area contributed by atoms with Crippen LogP contribution in [0.15, 0.2) is 53.5 Å². The largest absolute Gasteiger partial charge is 0.381 e. The van der Waals surface area contributed by atoms with Crippen molar-refractivity contribution in [3.8, 4) is 0 Å². The van der Waals surface area contributed by atoms with E-state index in [1.807, 2.05) is 30.3 Å². The Morgan fingerprint density at radius 2 is 1.90 bits per heavy atom. The summed E-state index contributed by atoms with van der Waals surface area (Å²) in [5, 5.41) is 7.54. The van der Waals surface area contributed by atoms with Gasteiger partial charge in [0.15, 0.2) is 5.96 Å². The van der Waals surface area contributed by atoms with Crippen LogP contribution >= 0.6 is 35.6 Å². The Labute approximate surface area is 194 Å². The summed E-state index contributed by atoms with van der Waals surface area (Å²) in [6, 6.07) is 14.8. The van der Waals surface area contributed by atoms with Crippen molar-refractivity contribution >= 4 is 41.5 Å². The van der Waals surface area contributed by atoms with Crippen molar-refractivity contribution in [2.75, 3.05) is 33.4 Å². The first kappa shape index (κ1) is 23.9. The van der Waals surface area contributed by atoms with Gasteiger partial charge in [-0.25, -0.2) is 4.39 Å². The second-order valence-electron chi connectivity index (χ2n) is 7.10. The summed E-state index contributed by atoms with van der Waals surface area (Å²) in [5.74, 6) is 0.528. The number of benzene rings is 2. The van der Waals surface area contributed by atoms with Crippen LogP contribution < -0.4 is 10.6 Å². The predicted octanol–water partition coefficient (Wildman–Crippen LogP) is 4.55. The van der Waals surface area contributed by atoms with Crippen LogP contribution in [0, 0.1) is 5.82 Å². The SMILES string of the molecule is CN=C(NCCc1ccccc1Cl)NCC1(c2cccc(F)c2)CCOCC1.I. The zero-order valence-corrected chi connectivity index (χ0v) is 19.7. The van der Waals surface area contributed by atoms with E-state index in [9.17, 15) is 4.39 Å². The number of aliphatic imine (C=N–C) groups is 1. The highest BCUT2D eigenvalue weighted by molar-refractivity contribution is 14.0. The molecule has 0 amide bonds. The highest BCUT2D eigenvalue weighted by Crippen LogP contribution is 2.34. The van der Waals surface area contributed by atoms with Gasteiger partial charge >= 0.3 is 0 Å². The summed E-state index contributed by atoms with van der Waals surface area (Å²) < 4.78 is 19.4. The van der Waals surface area contributed by atoms with Crippen LogP contribution in [0.2, 0.25) is 5.02 Å². The maximum absolute atomic E-state index is 13.8. The van der Waals surface area contributed by atoms with E-state index in [2.05, 4.69) is 15.6 Å². The minimum absolute atomic E-state index is 0. The molecular formula is C22H28ClFIN3O. The minimum Gasteiger partial charge on any atom is -0.381 e. The van der Waals surface area contributed by atoms with Gasteiger partial charge in [-0.05, 0) is 48.6 Å². The van der Waals surface area contributed by atoms with E-state index < -0.39 is 0 Å². The van der Waals surface area contributed by atoms with Gasteiger partial charge in [0.1, 0.15) is 5.82 Å². The Morgan fingerprint density at radius 3 is 2.59 bits per heavy atom. The first-order chi connectivity index (χ1) is 13.6. The third-order valence-electron chi connectivity index (χ3n) is 5.35. The van der Waals surface area contributed by atoms with E-state index in [4.69, 9.17) is 16.3 Å². The topological polar surface area (TPSA) is 45.7 Å². The van der Waals surface area contributed by atoms with Crippen LogP contribution in [0.3, 0.4) is 0 Å². The molecular weight excluding hydrogens is 504 g/mol. The van der Waals surface area contributed by atoms with Crippen LogP contribution in [0.25, 0.3) is 0 Å². The van der Waals surface area contributed by atoms with Gasteiger partial charge in [0.05, 0.1) is 0 Å². The van der Waals surface area contributed by atoms with E-state index in [-0.39, 0.29) is 35.2 Å². The Bertz CT molecular complexity index is 812. The van der Waals surface area contributed by atoms with E-state index in [0.29, 0.717) is 19.8 Å². The lowest BCUT2D eigenvalue weighted by atomic mass is 9.74. The van der Waals surface area contributed by atoms with Crippen molar-refractivity contribution in [1.29, 1.82) is 0 Å². The van der Waals surface area contributed by atoms with Crippen molar-refractivity contribution in [1.82, 2.24) is 10.6 Å². The molecule has 0 saturated carbocycles. The molecule has 2 aromatic rings. The first-order valence-corrected chi connectivity index (χ1v) is 10.0. The van der Waals surface area contributed by atoms with Crippen LogP contribution in [-0.2, 0) is 16.6 Å². The number of nitrogens with one attached hydrogen (secondary N) is 2. The molecule has 158 valence electrons. The van der Waals surface area contributed by atoms with Crippen LogP contribution in [0.1, 0.15) is 24.0 Å². The highest BCUT2D eigenvalue weighted by Gasteiger charge is 2.34. The van der Waals surface area contributed by atoms with Crippen molar-refractivity contribution < 1.29 is 9.13 Å². The fraction of sp³-hybridized carbons (Fsp3) is 0.409. The van der Waals surface area contributed by atoms with Crippen LogP contribution in [0.4, 0.5) is 4.39 Å². The van der Waals surface area contributed by atoms with E-state index in [1.54, 1.807) is 19.2 Å². The molecule has 0 bridgehead atoms. The lowest BCUT2D eigenvalue weighted by Crippen LogP contribution is -2.48. The third-order valence-corrected chi connectivity index (χ3v) is 5.72. The van der Waals surface area contributed by atoms with Gasteiger partial charge in [-0.3, -0.25) is 4.99 Å². The Kier molecular flexibility index (Phi) is 9.65. The molecule has 29 heavy (non-hydrogen) atoms. The van der Waals surface area contributed by atoms with Crippen molar-refractivity contribution in [2.24, 2.45) is 4.99 Å². The van der Waals surface area contributed by atoms with E-state index in [0.717, 1.165) is 47.9 Å². The van der Waals surface area contributed by atoms with Crippen molar-refractivity contribution in [3.63, 3.8) is 0 Å². The normalized spacial score (nSPS) is 16.0. The van der Waals surface area contributed by atoms with Crippen molar-refractivity contribution in [3.05, 3.63) is 70.5 Å². The highest BCUT2D eigenvalue weighted by atomic mass is 127. The summed E-state index contributed by atoms with van der Waals surface area (Å²) in [5.41, 5.74) is 1.95. The van der Waals surface area contributed by atoms with E-state index >= 15 is 0 Å². The maximum Gasteiger partial charge on any atom is 0.191 e. The Hall–Kier alpha value is -1.38. The summed E-state index contributed by atoms with van der Waals surface area (Å²) >= 11 is 6.22. The number of guanidine groups is 1. The molecule has 2 N–H and O–H groups in total. The lowest BCUT2D eigenvalue weighted by Gasteiger charge is -2.38. The minimum atomic E-state index is -0.203. The van der Waals surface area contributed by atoms with Crippen molar-refractivity contribution in [2.45, 2.75) is 24.7 Å². The monoisotopic (exact) mass is 531 g/mol. The molecule has 2 aromatic carbocycles. The molecule has 0 radical (unpaired) electrons. The molecule has 1 aliphatic rings. The molecule has 1 fully saturated rings. The van der Waals surface area contributed by atoms with Gasteiger partial charge in [-0.15, -0.1) is 24.0 Å². The summed E-state index contributed by atoms with van der Waals surface area (Å²) in [6.07, 6.45) is 2.50. The van der Waals surface area contributed by atoms with Gasteiger partial charge < -0.3 is 15.4 Å². The van der Waals surface area contributed by atoms with E-state index in [1.165, 1.54) is 6.07 Å². The summed E-state index contributed by atoms with van der Waals surface area (Å²) in [6.45, 7) is 2.75. The first-order valence-electron chi connectivity index (χ1n) is 9.65. The average molecular weight is 532 g/mol. The predicted molar refractivity (Wildman–Crippen MR) is 128 cm³/mol. The number of rotatable bonds is 6. The molecule has 0 aromatic heterocycles. The molecule has 0 aliphatic carbocycles. The van der Waals surface area contributed by atoms with Gasteiger partial charge in [0, 0.05) is 43.8 Å². The Morgan fingerprint density at radius 1 is 1.14 bits per heavy atom. The molecule has 0 spiro atoms. The molecule has 1 heterocycles. The standard InChI is InChI=1S/C22H27ClFN3O.HI/c1-25-21(26-12-9-17-5-2-3-8-20(17)23)27-16-22(10-13-28-14-11-22)18-6-4-7-19(24)15-18;/h2-8,15H,9-14,16H2,1H3,(H2,25,26,27);1H. The molecule has 7 heteroatoms. The zero-order chi connectivity index (χ0) is 19.8. The average Bonchev–Trinajstić information content (AvgIpc) is 2.72.